The van der Waals surface area contributed by atoms with Gasteiger partial charge in [0.1, 0.15) is 11.5 Å². The van der Waals surface area contributed by atoms with Gasteiger partial charge in [-0.05, 0) is 56.3 Å². The highest BCUT2D eigenvalue weighted by Gasteiger charge is 2.27. The second-order valence-electron chi connectivity index (χ2n) is 7.41. The molecule has 32 heavy (non-hydrogen) atoms. The highest BCUT2D eigenvalue weighted by Crippen LogP contribution is 2.31. The predicted molar refractivity (Wildman–Crippen MR) is 117 cm³/mol. The van der Waals surface area contributed by atoms with Crippen molar-refractivity contribution >= 4 is 27.6 Å². The van der Waals surface area contributed by atoms with E-state index in [4.69, 9.17) is 14.2 Å². The van der Waals surface area contributed by atoms with E-state index in [0.29, 0.717) is 30.3 Å². The lowest BCUT2D eigenvalue weighted by Gasteiger charge is -2.26. The smallest absolute Gasteiger partial charge is 0.308 e. The third kappa shape index (κ3) is 5.84. The van der Waals surface area contributed by atoms with Crippen molar-refractivity contribution in [3.63, 3.8) is 0 Å². The van der Waals surface area contributed by atoms with Crippen LogP contribution in [-0.2, 0) is 19.6 Å². The topological polar surface area (TPSA) is 111 Å². The van der Waals surface area contributed by atoms with Crippen molar-refractivity contribution in [3.05, 3.63) is 48.0 Å². The number of nitrogens with zero attached hydrogens (tertiary/aromatic N) is 1. The third-order valence-corrected chi connectivity index (χ3v) is 6.44. The maximum absolute atomic E-state index is 13.0. The van der Waals surface area contributed by atoms with Gasteiger partial charge in [-0.1, -0.05) is 0 Å². The van der Waals surface area contributed by atoms with E-state index in [9.17, 15) is 18.0 Å². The number of carbonyl (C=O) groups is 2. The van der Waals surface area contributed by atoms with Crippen molar-refractivity contribution in [1.82, 2.24) is 4.31 Å². The highest BCUT2D eigenvalue weighted by molar-refractivity contribution is 7.89. The number of sulfonamides is 1. The van der Waals surface area contributed by atoms with Crippen molar-refractivity contribution in [3.8, 4) is 11.5 Å². The lowest BCUT2D eigenvalue weighted by atomic mass is 10.2. The number of amides is 1. The summed E-state index contributed by atoms with van der Waals surface area (Å²) < 4.78 is 43.4. The molecule has 10 heteroatoms. The number of hydrogen-bond donors (Lipinski definition) is 1. The normalized spacial score (nSPS) is 14.8. The van der Waals surface area contributed by atoms with Gasteiger partial charge >= 0.3 is 5.97 Å². The number of hydrogen-bond acceptors (Lipinski definition) is 7. The number of anilines is 1. The number of rotatable bonds is 7. The first kappa shape index (κ1) is 23.7. The molecule has 0 radical (unpaired) electrons. The van der Waals surface area contributed by atoms with E-state index in [1.54, 1.807) is 0 Å². The Morgan fingerprint density at radius 1 is 1.06 bits per heavy atom. The molecule has 1 fully saturated rings. The summed E-state index contributed by atoms with van der Waals surface area (Å²) in [4.78, 5) is 23.9. The van der Waals surface area contributed by atoms with Gasteiger partial charge in [-0.25, -0.2) is 8.42 Å². The van der Waals surface area contributed by atoms with Crippen LogP contribution in [-0.4, -0.2) is 57.0 Å². The Bertz CT molecular complexity index is 1080. The maximum atomic E-state index is 13.0. The van der Waals surface area contributed by atoms with Crippen LogP contribution in [0.25, 0.3) is 0 Å². The van der Waals surface area contributed by atoms with Gasteiger partial charge in [0.2, 0.25) is 10.0 Å². The Labute approximate surface area is 187 Å². The molecule has 0 aromatic heterocycles. The number of esters is 1. The monoisotopic (exact) mass is 462 g/mol. The average molecular weight is 463 g/mol. The molecule has 2 aromatic rings. The first-order valence-electron chi connectivity index (χ1n) is 10.2. The Morgan fingerprint density at radius 3 is 2.31 bits per heavy atom. The Balaban J connectivity index is 1.88. The summed E-state index contributed by atoms with van der Waals surface area (Å²) in [5.74, 6) is -0.257. The molecule has 0 saturated carbocycles. The minimum atomic E-state index is -3.75. The number of nitrogens with one attached hydrogen (secondary N) is 1. The Morgan fingerprint density at radius 2 is 1.72 bits per heavy atom. The standard InChI is InChI=1S/C22H26N2O7S/c1-15(2)30-21-9-8-19(32(27,28)24-10-12-29-13-11-24)14-20(21)23-22(26)17-4-6-18(7-5-17)31-16(3)25/h4-9,14-15H,10-13H2,1-3H3,(H,23,26). The van der Waals surface area contributed by atoms with E-state index in [2.05, 4.69) is 5.32 Å². The van der Waals surface area contributed by atoms with Gasteiger partial charge in [0.15, 0.2) is 0 Å². The van der Waals surface area contributed by atoms with E-state index >= 15 is 0 Å². The van der Waals surface area contributed by atoms with Gasteiger partial charge in [0.05, 0.1) is 29.9 Å². The molecule has 0 spiro atoms. The molecule has 2 aromatic carbocycles. The van der Waals surface area contributed by atoms with Gasteiger partial charge in [0.25, 0.3) is 5.91 Å². The molecule has 1 aliphatic rings. The molecule has 0 aliphatic carbocycles. The molecular formula is C22H26N2O7S. The number of morpholine rings is 1. The van der Waals surface area contributed by atoms with Gasteiger partial charge in [0, 0.05) is 25.6 Å². The molecule has 0 unspecified atom stereocenters. The second-order valence-corrected chi connectivity index (χ2v) is 9.35. The Hall–Kier alpha value is -2.95. The van der Waals surface area contributed by atoms with Crippen molar-refractivity contribution in [2.75, 3.05) is 31.6 Å². The largest absolute Gasteiger partial charge is 0.489 e. The van der Waals surface area contributed by atoms with Gasteiger partial charge in [-0.2, -0.15) is 4.31 Å². The van der Waals surface area contributed by atoms with Crippen LogP contribution >= 0.6 is 0 Å². The summed E-state index contributed by atoms with van der Waals surface area (Å²) >= 11 is 0. The second kappa shape index (κ2) is 10.1. The summed E-state index contributed by atoms with van der Waals surface area (Å²) in [6.07, 6.45) is -0.185. The van der Waals surface area contributed by atoms with Crippen LogP contribution in [0.4, 0.5) is 5.69 Å². The number of benzene rings is 2. The van der Waals surface area contributed by atoms with Gasteiger partial charge < -0.3 is 19.5 Å². The van der Waals surface area contributed by atoms with Gasteiger partial charge in [-0.3, -0.25) is 9.59 Å². The first-order chi connectivity index (χ1) is 15.2. The zero-order valence-electron chi connectivity index (χ0n) is 18.2. The lowest BCUT2D eigenvalue weighted by molar-refractivity contribution is -0.131. The third-order valence-electron chi connectivity index (χ3n) is 4.55. The van der Waals surface area contributed by atoms with Crippen LogP contribution < -0.4 is 14.8 Å². The van der Waals surface area contributed by atoms with Crippen LogP contribution in [0.1, 0.15) is 31.1 Å². The summed E-state index contributed by atoms with van der Waals surface area (Å²) in [5.41, 5.74) is 0.542. The summed E-state index contributed by atoms with van der Waals surface area (Å²) in [7, 11) is -3.75. The van der Waals surface area contributed by atoms with Crippen LogP contribution in [0.3, 0.4) is 0 Å². The zero-order chi connectivity index (χ0) is 23.3. The molecule has 0 atom stereocenters. The molecule has 1 heterocycles. The average Bonchev–Trinajstić information content (AvgIpc) is 2.75. The van der Waals surface area contributed by atoms with Crippen molar-refractivity contribution < 1.29 is 32.2 Å². The van der Waals surface area contributed by atoms with E-state index < -0.39 is 21.9 Å². The van der Waals surface area contributed by atoms with E-state index in [1.807, 2.05) is 13.8 Å². The minimum absolute atomic E-state index is 0.0519. The van der Waals surface area contributed by atoms with E-state index in [0.717, 1.165) is 0 Å². The summed E-state index contributed by atoms with van der Waals surface area (Å²) in [6, 6.07) is 10.4. The fourth-order valence-corrected chi connectivity index (χ4v) is 4.53. The first-order valence-corrected chi connectivity index (χ1v) is 11.6. The lowest BCUT2D eigenvalue weighted by Crippen LogP contribution is -2.40. The van der Waals surface area contributed by atoms with Crippen molar-refractivity contribution in [2.24, 2.45) is 0 Å². The fourth-order valence-electron chi connectivity index (χ4n) is 3.09. The number of carbonyl (C=O) groups excluding carboxylic acids is 2. The molecule has 172 valence electrons. The maximum Gasteiger partial charge on any atom is 0.308 e. The zero-order valence-corrected chi connectivity index (χ0v) is 19.0. The van der Waals surface area contributed by atoms with E-state index in [1.165, 1.54) is 53.7 Å². The molecule has 1 amide bonds. The summed E-state index contributed by atoms with van der Waals surface area (Å²) in [5, 5.41) is 2.73. The van der Waals surface area contributed by atoms with E-state index in [-0.39, 0.29) is 29.8 Å². The SMILES string of the molecule is CC(=O)Oc1ccc(C(=O)Nc2cc(S(=O)(=O)N3CCOCC3)ccc2OC(C)C)cc1. The molecular weight excluding hydrogens is 436 g/mol. The molecule has 1 N–H and O–H groups in total. The molecule has 9 nitrogen and oxygen atoms in total. The minimum Gasteiger partial charge on any atom is -0.489 e. The number of ether oxygens (including phenoxy) is 3. The highest BCUT2D eigenvalue weighted by atomic mass is 32.2. The Kier molecular flexibility index (Phi) is 7.49. The molecule has 1 saturated heterocycles. The van der Waals surface area contributed by atoms with Crippen LogP contribution in [0.2, 0.25) is 0 Å². The van der Waals surface area contributed by atoms with Crippen molar-refractivity contribution in [1.29, 1.82) is 0 Å². The molecule has 1 aliphatic heterocycles. The van der Waals surface area contributed by atoms with Crippen LogP contribution in [0.5, 0.6) is 11.5 Å². The molecule has 0 bridgehead atoms. The predicted octanol–water partition coefficient (Wildman–Crippen LogP) is 2.67. The van der Waals surface area contributed by atoms with Crippen LogP contribution in [0, 0.1) is 0 Å². The molecule has 3 rings (SSSR count). The van der Waals surface area contributed by atoms with Gasteiger partial charge in [-0.15, -0.1) is 0 Å². The summed E-state index contributed by atoms with van der Waals surface area (Å²) in [6.45, 7) is 6.15. The van der Waals surface area contributed by atoms with Crippen LogP contribution in [0.15, 0.2) is 47.4 Å². The fraction of sp³-hybridized carbons (Fsp3) is 0.364. The quantitative estimate of drug-likeness (QED) is 0.497. The van der Waals surface area contributed by atoms with Crippen molar-refractivity contribution in [2.45, 2.75) is 31.8 Å².